The second-order valence-corrected chi connectivity index (χ2v) is 4.88. The van der Waals surface area contributed by atoms with E-state index in [1.165, 1.54) is 5.56 Å². The minimum atomic E-state index is 0.241. The topological polar surface area (TPSA) is 29.1 Å². The quantitative estimate of drug-likeness (QED) is 0.815. The summed E-state index contributed by atoms with van der Waals surface area (Å²) in [4.78, 5) is 11.3. The molecule has 2 nitrogen and oxygen atoms in total. The Hall–Kier alpha value is -1.02. The van der Waals surface area contributed by atoms with Crippen LogP contribution in [0.25, 0.3) is 0 Å². The molecule has 1 heterocycles. The van der Waals surface area contributed by atoms with Gasteiger partial charge in [0.25, 0.3) is 0 Å². The van der Waals surface area contributed by atoms with Crippen molar-refractivity contribution in [2.24, 2.45) is 5.92 Å². The lowest BCUT2D eigenvalue weighted by atomic mass is 9.91. The summed E-state index contributed by atoms with van der Waals surface area (Å²) in [6.07, 6.45) is 2.00. The molecular formula is C14H18ClNO. The van der Waals surface area contributed by atoms with Crippen LogP contribution in [0.4, 0.5) is 0 Å². The minimum Gasteiger partial charge on any atom is -0.352 e. The molecule has 2 fully saturated rings. The van der Waals surface area contributed by atoms with E-state index in [0.29, 0.717) is 12.0 Å². The highest BCUT2D eigenvalue weighted by atomic mass is 35.5. The molecule has 3 atom stereocenters. The molecule has 1 aromatic rings. The first-order chi connectivity index (χ1) is 8.24. The Morgan fingerprint density at radius 1 is 1.18 bits per heavy atom. The van der Waals surface area contributed by atoms with Crippen molar-refractivity contribution in [1.82, 2.24) is 5.32 Å². The van der Waals surface area contributed by atoms with Crippen LogP contribution in [0, 0.1) is 5.92 Å². The van der Waals surface area contributed by atoms with Crippen molar-refractivity contribution in [2.45, 2.75) is 38.6 Å². The molecule has 1 saturated heterocycles. The third-order valence-corrected chi connectivity index (χ3v) is 3.81. The standard InChI is InChI=1S/C12H12ClNO.C2H6/c13-9-3-1-7(2-4-9)10-5-8-6-11(10)14-12(8)15;1-2/h1-4,8,10-11H,5-6H2,(H,14,15);1-2H3. The lowest BCUT2D eigenvalue weighted by molar-refractivity contribution is -0.123. The SMILES string of the molecule is CC.O=C1NC2CC1CC2c1ccc(Cl)cc1. The van der Waals surface area contributed by atoms with Crippen molar-refractivity contribution in [1.29, 1.82) is 0 Å². The van der Waals surface area contributed by atoms with Gasteiger partial charge in [-0.25, -0.2) is 0 Å². The molecule has 3 unspecified atom stereocenters. The van der Waals surface area contributed by atoms with Crippen molar-refractivity contribution in [3.8, 4) is 0 Å². The molecule has 1 amide bonds. The van der Waals surface area contributed by atoms with Gasteiger partial charge in [0, 0.05) is 22.9 Å². The number of amides is 1. The molecule has 17 heavy (non-hydrogen) atoms. The zero-order valence-corrected chi connectivity index (χ0v) is 11.0. The van der Waals surface area contributed by atoms with Crippen molar-refractivity contribution in [2.75, 3.05) is 0 Å². The van der Waals surface area contributed by atoms with Crippen molar-refractivity contribution >= 4 is 17.5 Å². The third-order valence-electron chi connectivity index (χ3n) is 3.56. The monoisotopic (exact) mass is 251 g/mol. The molecule has 3 rings (SSSR count). The minimum absolute atomic E-state index is 0.241. The van der Waals surface area contributed by atoms with Crippen molar-refractivity contribution in [3.63, 3.8) is 0 Å². The second-order valence-electron chi connectivity index (χ2n) is 4.44. The lowest BCUT2D eigenvalue weighted by Crippen LogP contribution is -2.35. The number of hydrogen-bond acceptors (Lipinski definition) is 1. The van der Waals surface area contributed by atoms with Gasteiger partial charge in [0.2, 0.25) is 5.91 Å². The molecule has 0 radical (unpaired) electrons. The van der Waals surface area contributed by atoms with Crippen molar-refractivity contribution in [3.05, 3.63) is 34.9 Å². The van der Waals surface area contributed by atoms with E-state index in [1.807, 2.05) is 26.0 Å². The Morgan fingerprint density at radius 2 is 1.82 bits per heavy atom. The van der Waals surface area contributed by atoms with Gasteiger partial charge in [-0.15, -0.1) is 0 Å². The molecular weight excluding hydrogens is 234 g/mol. The van der Waals surface area contributed by atoms with Crippen LogP contribution in [0.3, 0.4) is 0 Å². The summed E-state index contributed by atoms with van der Waals surface area (Å²) in [5.41, 5.74) is 1.30. The molecule has 92 valence electrons. The smallest absolute Gasteiger partial charge is 0.223 e. The van der Waals surface area contributed by atoms with E-state index in [0.717, 1.165) is 17.9 Å². The summed E-state index contributed by atoms with van der Waals surface area (Å²) in [5, 5.41) is 3.81. The van der Waals surface area contributed by atoms with E-state index < -0.39 is 0 Å². The van der Waals surface area contributed by atoms with Crippen LogP contribution in [0.15, 0.2) is 24.3 Å². The van der Waals surface area contributed by atoms with Gasteiger partial charge in [-0.2, -0.15) is 0 Å². The van der Waals surface area contributed by atoms with Crippen LogP contribution in [0.2, 0.25) is 5.02 Å². The molecule has 0 aromatic heterocycles. The third kappa shape index (κ3) is 2.32. The Labute approximate surface area is 107 Å². The van der Waals surface area contributed by atoms with Crippen LogP contribution >= 0.6 is 11.6 Å². The summed E-state index contributed by atoms with van der Waals surface area (Å²) in [6, 6.07) is 8.33. The van der Waals surface area contributed by atoms with Gasteiger partial charge in [-0.05, 0) is 30.5 Å². The highest BCUT2D eigenvalue weighted by molar-refractivity contribution is 6.30. The molecule has 3 heteroatoms. The Balaban J connectivity index is 0.000000514. The molecule has 1 aliphatic heterocycles. The summed E-state index contributed by atoms with van der Waals surface area (Å²) < 4.78 is 0. The average Bonchev–Trinajstić information content (AvgIpc) is 2.91. The normalized spacial score (nSPS) is 29.6. The van der Waals surface area contributed by atoms with Gasteiger partial charge in [0.15, 0.2) is 0 Å². The predicted molar refractivity (Wildman–Crippen MR) is 70.2 cm³/mol. The fourth-order valence-corrected chi connectivity index (χ4v) is 2.92. The first kappa shape index (κ1) is 12.4. The summed E-state index contributed by atoms with van der Waals surface area (Å²) in [5.74, 6) is 0.978. The van der Waals surface area contributed by atoms with Gasteiger partial charge < -0.3 is 5.32 Å². The molecule has 1 aromatic carbocycles. The van der Waals surface area contributed by atoms with E-state index in [2.05, 4.69) is 17.4 Å². The second kappa shape index (κ2) is 5.09. The van der Waals surface area contributed by atoms with Crippen LogP contribution in [0.1, 0.15) is 38.2 Å². The fourth-order valence-electron chi connectivity index (χ4n) is 2.79. The van der Waals surface area contributed by atoms with E-state index in [1.54, 1.807) is 0 Å². The summed E-state index contributed by atoms with van der Waals surface area (Å²) in [7, 11) is 0. The molecule has 2 bridgehead atoms. The van der Waals surface area contributed by atoms with Gasteiger partial charge in [0.1, 0.15) is 0 Å². The zero-order valence-electron chi connectivity index (χ0n) is 10.2. The van der Waals surface area contributed by atoms with Gasteiger partial charge in [-0.3, -0.25) is 4.79 Å². The number of carbonyl (C=O) groups excluding carboxylic acids is 1. The number of halogens is 1. The summed E-state index contributed by atoms with van der Waals surface area (Å²) >= 11 is 5.85. The van der Waals surface area contributed by atoms with Crippen LogP contribution in [0.5, 0.6) is 0 Å². The largest absolute Gasteiger partial charge is 0.352 e. The molecule has 1 N–H and O–H groups in total. The molecule has 2 aliphatic rings. The molecule has 0 spiro atoms. The average molecular weight is 252 g/mol. The number of rotatable bonds is 1. The maximum Gasteiger partial charge on any atom is 0.223 e. The first-order valence-electron chi connectivity index (χ1n) is 6.30. The first-order valence-corrected chi connectivity index (χ1v) is 6.67. The predicted octanol–water partition coefficient (Wildman–Crippen LogP) is 3.36. The zero-order chi connectivity index (χ0) is 12.4. The summed E-state index contributed by atoms with van der Waals surface area (Å²) in [6.45, 7) is 4.00. The van der Waals surface area contributed by atoms with Gasteiger partial charge in [-0.1, -0.05) is 37.6 Å². The number of hydrogen-bond donors (Lipinski definition) is 1. The van der Waals surface area contributed by atoms with Crippen LogP contribution in [-0.2, 0) is 4.79 Å². The van der Waals surface area contributed by atoms with E-state index in [-0.39, 0.29) is 11.8 Å². The Kier molecular flexibility index (Phi) is 3.72. The molecule has 1 aliphatic carbocycles. The van der Waals surface area contributed by atoms with Gasteiger partial charge >= 0.3 is 0 Å². The number of benzene rings is 1. The maximum absolute atomic E-state index is 11.3. The lowest BCUT2D eigenvalue weighted by Gasteiger charge is -2.22. The maximum atomic E-state index is 11.3. The van der Waals surface area contributed by atoms with Gasteiger partial charge in [0.05, 0.1) is 0 Å². The number of carbonyl (C=O) groups is 1. The van der Waals surface area contributed by atoms with Crippen molar-refractivity contribution < 1.29 is 4.79 Å². The number of nitrogens with one attached hydrogen (secondary N) is 1. The highest BCUT2D eigenvalue weighted by Crippen LogP contribution is 2.42. The fraction of sp³-hybridized carbons (Fsp3) is 0.500. The molecule has 1 saturated carbocycles. The number of fused-ring (bicyclic) bond motifs is 2. The van der Waals surface area contributed by atoms with E-state index in [4.69, 9.17) is 11.6 Å². The van der Waals surface area contributed by atoms with Crippen LogP contribution < -0.4 is 5.32 Å². The van der Waals surface area contributed by atoms with Crippen LogP contribution in [-0.4, -0.2) is 11.9 Å². The van der Waals surface area contributed by atoms with E-state index in [9.17, 15) is 4.79 Å². The highest BCUT2D eigenvalue weighted by Gasteiger charge is 2.45. The Bertz CT molecular complexity index is 401. The Morgan fingerprint density at radius 3 is 2.29 bits per heavy atom. The van der Waals surface area contributed by atoms with E-state index >= 15 is 0 Å². The number of piperidine rings is 1.